The summed E-state index contributed by atoms with van der Waals surface area (Å²) in [5.41, 5.74) is -0.222. The lowest BCUT2D eigenvalue weighted by Crippen LogP contribution is -2.57. The van der Waals surface area contributed by atoms with Gasteiger partial charge in [0, 0.05) is 4.47 Å². The van der Waals surface area contributed by atoms with Crippen LogP contribution in [-0.4, -0.2) is 22.8 Å². The van der Waals surface area contributed by atoms with Gasteiger partial charge in [-0.1, -0.05) is 22.0 Å². The first-order chi connectivity index (χ1) is 9.06. The van der Waals surface area contributed by atoms with Crippen LogP contribution in [0.1, 0.15) is 44.7 Å². The molecule has 3 nitrogen and oxygen atoms in total. The van der Waals surface area contributed by atoms with Gasteiger partial charge in [0.1, 0.15) is 17.1 Å². The maximum absolute atomic E-state index is 12.6. The van der Waals surface area contributed by atoms with E-state index in [1.54, 1.807) is 27.7 Å². The number of ketones is 2. The molecule has 0 radical (unpaired) electrons. The molecule has 1 heterocycles. The Bertz CT molecular complexity index is 561. The number of aryl methyl sites for hydroxylation is 1. The molecule has 1 aromatic carbocycles. The van der Waals surface area contributed by atoms with Gasteiger partial charge >= 0.3 is 0 Å². The lowest BCUT2D eigenvalue weighted by Gasteiger charge is -2.43. The highest BCUT2D eigenvalue weighted by molar-refractivity contribution is 9.10. The molecule has 0 amide bonds. The normalized spacial score (nSPS) is 22.1. The van der Waals surface area contributed by atoms with Crippen LogP contribution < -0.4 is 0 Å². The highest BCUT2D eigenvalue weighted by Gasteiger charge is 2.53. The molecular weight excluding hydrogens is 320 g/mol. The molecular formula is C16H19BrO3. The molecule has 0 bridgehead atoms. The quantitative estimate of drug-likeness (QED) is 0.735. The topological polar surface area (TPSA) is 43.4 Å². The fourth-order valence-electron chi connectivity index (χ4n) is 2.76. The molecule has 0 spiro atoms. The first-order valence-electron chi connectivity index (χ1n) is 6.61. The monoisotopic (exact) mass is 338 g/mol. The third-order valence-electron chi connectivity index (χ3n) is 3.77. The van der Waals surface area contributed by atoms with Gasteiger partial charge in [-0.05, 0) is 57.9 Å². The van der Waals surface area contributed by atoms with Gasteiger partial charge in [-0.25, -0.2) is 0 Å². The minimum atomic E-state index is -0.961. The highest BCUT2D eigenvalue weighted by atomic mass is 79.9. The van der Waals surface area contributed by atoms with Crippen LogP contribution >= 0.6 is 15.9 Å². The maximum atomic E-state index is 12.6. The highest BCUT2D eigenvalue weighted by Crippen LogP contribution is 2.39. The van der Waals surface area contributed by atoms with Crippen molar-refractivity contribution in [3.63, 3.8) is 0 Å². The lowest BCUT2D eigenvalue weighted by atomic mass is 9.74. The molecule has 4 heteroatoms. The molecule has 1 aromatic rings. The zero-order valence-electron chi connectivity index (χ0n) is 12.4. The van der Waals surface area contributed by atoms with Gasteiger partial charge in [-0.3, -0.25) is 9.59 Å². The van der Waals surface area contributed by atoms with E-state index in [0.29, 0.717) is 0 Å². The number of rotatable bonds is 1. The van der Waals surface area contributed by atoms with Gasteiger partial charge in [0.2, 0.25) is 0 Å². The van der Waals surface area contributed by atoms with E-state index >= 15 is 0 Å². The van der Waals surface area contributed by atoms with Crippen LogP contribution in [0.5, 0.6) is 0 Å². The number of Topliss-reactive ketones (excluding diaryl/α,β-unsaturated/α-hetero) is 2. The van der Waals surface area contributed by atoms with Gasteiger partial charge in [0.15, 0.2) is 11.6 Å². The second-order valence-electron chi connectivity index (χ2n) is 6.29. The van der Waals surface area contributed by atoms with Crippen LogP contribution in [0.25, 0.3) is 0 Å². The van der Waals surface area contributed by atoms with Crippen molar-refractivity contribution in [1.82, 2.24) is 0 Å². The molecule has 1 aliphatic heterocycles. The van der Waals surface area contributed by atoms with Gasteiger partial charge in [0.25, 0.3) is 0 Å². The Kier molecular flexibility index (Phi) is 3.68. The lowest BCUT2D eigenvalue weighted by molar-refractivity contribution is -0.184. The van der Waals surface area contributed by atoms with E-state index in [9.17, 15) is 9.59 Å². The smallest absolute Gasteiger partial charge is 0.179 e. The number of hydrogen-bond donors (Lipinski definition) is 0. The summed E-state index contributed by atoms with van der Waals surface area (Å²) in [6.07, 6.45) is 0. The van der Waals surface area contributed by atoms with Crippen LogP contribution in [0.15, 0.2) is 22.7 Å². The van der Waals surface area contributed by atoms with Crippen molar-refractivity contribution in [2.45, 2.75) is 51.7 Å². The van der Waals surface area contributed by atoms with E-state index < -0.39 is 17.1 Å². The number of hydrogen-bond acceptors (Lipinski definition) is 3. The molecule has 108 valence electrons. The first-order valence-corrected chi connectivity index (χ1v) is 7.40. The molecule has 0 saturated carbocycles. The van der Waals surface area contributed by atoms with E-state index in [1.807, 2.05) is 25.1 Å². The average molecular weight is 339 g/mol. The molecule has 20 heavy (non-hydrogen) atoms. The summed E-state index contributed by atoms with van der Waals surface area (Å²) in [5, 5.41) is 0. The van der Waals surface area contributed by atoms with Crippen LogP contribution in [-0.2, 0) is 14.3 Å². The van der Waals surface area contributed by atoms with Gasteiger partial charge in [-0.2, -0.15) is 0 Å². The van der Waals surface area contributed by atoms with Crippen molar-refractivity contribution >= 4 is 27.5 Å². The fraction of sp³-hybridized carbons (Fsp3) is 0.500. The predicted molar refractivity (Wildman–Crippen MR) is 80.9 cm³/mol. The Morgan fingerprint density at radius 3 is 2.05 bits per heavy atom. The molecule has 0 atom stereocenters. The summed E-state index contributed by atoms with van der Waals surface area (Å²) in [6.45, 7) is 8.82. The van der Waals surface area contributed by atoms with Crippen LogP contribution in [0, 0.1) is 6.92 Å². The standard InChI is InChI=1S/C16H19BrO3/c1-9-6-7-10(17)8-11(9)12-13(18)15(2,3)20-16(4,5)14(12)19/h6-8,12H,1-5H3. The van der Waals surface area contributed by atoms with Crippen molar-refractivity contribution in [3.05, 3.63) is 33.8 Å². The molecule has 0 aromatic heterocycles. The van der Waals surface area contributed by atoms with Gasteiger partial charge in [0.05, 0.1) is 0 Å². The van der Waals surface area contributed by atoms with Crippen molar-refractivity contribution in [2.24, 2.45) is 0 Å². The van der Waals surface area contributed by atoms with Crippen LogP contribution in [0.4, 0.5) is 0 Å². The van der Waals surface area contributed by atoms with E-state index in [2.05, 4.69) is 15.9 Å². The molecule has 1 aliphatic rings. The Labute approximate surface area is 127 Å². The summed E-state index contributed by atoms with van der Waals surface area (Å²) >= 11 is 3.41. The number of carbonyl (C=O) groups is 2. The second kappa shape index (κ2) is 4.78. The Morgan fingerprint density at radius 1 is 1.05 bits per heavy atom. The number of ether oxygens (including phenoxy) is 1. The summed E-state index contributed by atoms with van der Waals surface area (Å²) in [5.74, 6) is -1.11. The molecule has 0 unspecified atom stereocenters. The van der Waals surface area contributed by atoms with E-state index in [1.165, 1.54) is 0 Å². The van der Waals surface area contributed by atoms with Crippen molar-refractivity contribution in [3.8, 4) is 0 Å². The number of carbonyl (C=O) groups excluding carboxylic acids is 2. The molecule has 0 N–H and O–H groups in total. The Hall–Kier alpha value is -1.00. The first kappa shape index (κ1) is 15.4. The summed E-state index contributed by atoms with van der Waals surface area (Å²) in [6, 6.07) is 5.67. The van der Waals surface area contributed by atoms with E-state index in [4.69, 9.17) is 4.74 Å². The van der Waals surface area contributed by atoms with Gasteiger partial charge < -0.3 is 4.74 Å². The second-order valence-corrected chi connectivity index (χ2v) is 7.20. The summed E-state index contributed by atoms with van der Waals surface area (Å²) < 4.78 is 6.56. The zero-order chi connectivity index (χ0) is 15.3. The third kappa shape index (κ3) is 2.47. The van der Waals surface area contributed by atoms with Gasteiger partial charge in [-0.15, -0.1) is 0 Å². The SMILES string of the molecule is Cc1ccc(Br)cc1C1C(=O)C(C)(C)OC(C)(C)C1=O. The largest absolute Gasteiger partial charge is 0.354 e. The Morgan fingerprint density at radius 2 is 1.55 bits per heavy atom. The predicted octanol–water partition coefficient (Wildman–Crippen LogP) is 3.57. The Balaban J connectivity index is 2.60. The van der Waals surface area contributed by atoms with E-state index in [0.717, 1.165) is 15.6 Å². The van der Waals surface area contributed by atoms with Crippen molar-refractivity contribution < 1.29 is 14.3 Å². The molecule has 1 saturated heterocycles. The fourth-order valence-corrected chi connectivity index (χ4v) is 3.14. The minimum Gasteiger partial charge on any atom is -0.354 e. The van der Waals surface area contributed by atoms with Crippen LogP contribution in [0.2, 0.25) is 0 Å². The molecule has 2 rings (SSSR count). The average Bonchev–Trinajstić information content (AvgIpc) is 2.30. The summed E-state index contributed by atoms with van der Waals surface area (Å²) in [4.78, 5) is 25.3. The molecule has 0 aliphatic carbocycles. The third-order valence-corrected chi connectivity index (χ3v) is 4.27. The van der Waals surface area contributed by atoms with Crippen LogP contribution in [0.3, 0.4) is 0 Å². The summed E-state index contributed by atoms with van der Waals surface area (Å²) in [7, 11) is 0. The number of benzene rings is 1. The van der Waals surface area contributed by atoms with Crippen molar-refractivity contribution in [1.29, 1.82) is 0 Å². The minimum absolute atomic E-state index is 0.178. The van der Waals surface area contributed by atoms with Crippen molar-refractivity contribution in [2.75, 3.05) is 0 Å². The number of halogens is 1. The zero-order valence-corrected chi connectivity index (χ0v) is 14.0. The van der Waals surface area contributed by atoms with E-state index in [-0.39, 0.29) is 11.6 Å². The maximum Gasteiger partial charge on any atom is 0.179 e. The molecule has 1 fully saturated rings.